The Labute approximate surface area is 339 Å². The van der Waals surface area contributed by atoms with Crippen molar-refractivity contribution < 1.29 is 53.1 Å². The average Bonchev–Trinajstić information content (AvgIpc) is 3.18. The van der Waals surface area contributed by atoms with Gasteiger partial charge in [-0.15, -0.1) is 11.6 Å². The number of esters is 1. The summed E-state index contributed by atoms with van der Waals surface area (Å²) >= 11 is 6.52. The molecule has 318 valence electrons. The van der Waals surface area contributed by atoms with Crippen LogP contribution in [0.2, 0.25) is 0 Å². The molecule has 1 aliphatic carbocycles. The fourth-order valence-electron chi connectivity index (χ4n) is 9.39. The Morgan fingerprint density at radius 2 is 1.61 bits per heavy atom. The number of methoxy groups -OCH3 is 3. The van der Waals surface area contributed by atoms with Crippen LogP contribution in [-0.4, -0.2) is 120 Å². The van der Waals surface area contributed by atoms with Crippen LogP contribution in [0.15, 0.2) is 23.3 Å². The van der Waals surface area contributed by atoms with Gasteiger partial charge in [-0.25, -0.2) is 4.79 Å². The lowest BCUT2D eigenvalue weighted by atomic mass is 9.81. The van der Waals surface area contributed by atoms with E-state index in [4.69, 9.17) is 35.3 Å². The number of amides is 1. The second-order valence-electron chi connectivity index (χ2n) is 17.1. The fraction of sp³-hybridized carbons (Fsp3) is 0.814. The van der Waals surface area contributed by atoms with Crippen LogP contribution in [0.5, 0.6) is 0 Å². The Balaban J connectivity index is 1.76. The summed E-state index contributed by atoms with van der Waals surface area (Å²) in [6.45, 7) is 11.4. The standard InChI is InChI=1S/C43H68ClNO11/c1-10-30-18-24(2)17-25(3)19-36(53-8)39-37(54-9)21-27(5)43(51,56-39)40(48)41(49)45-16-12-11-13-32(45)42(50)55-38(28(6)33(46)23-34(30)47)26(4)20-29-14-15-31(44)35(22-29)52-7/h18,20,24-25,27-29,31-33,35-39,46,51H,10-17,19,21-23H2,1-9H3/t24?,25-,27+,28+,29-,31+,32-,33-,35+,36-,37-,38+,39+,43+/m0/s1. The van der Waals surface area contributed by atoms with E-state index in [1.165, 1.54) is 19.1 Å². The van der Waals surface area contributed by atoms with Crippen molar-refractivity contribution in [2.45, 2.75) is 166 Å². The minimum atomic E-state index is -2.49. The number of aliphatic hydroxyl groups is 2. The molecule has 3 aliphatic heterocycles. The molecule has 0 aromatic rings. The van der Waals surface area contributed by atoms with Crippen molar-refractivity contribution in [3.63, 3.8) is 0 Å². The van der Waals surface area contributed by atoms with Gasteiger partial charge in [0, 0.05) is 46.1 Å². The van der Waals surface area contributed by atoms with E-state index in [1.807, 2.05) is 32.9 Å². The van der Waals surface area contributed by atoms with Crippen LogP contribution in [0.4, 0.5) is 0 Å². The smallest absolute Gasteiger partial charge is 0.329 e. The molecule has 3 fully saturated rings. The summed E-state index contributed by atoms with van der Waals surface area (Å²) in [5, 5.41) is 23.6. The molecule has 3 heterocycles. The molecule has 2 bridgehead atoms. The van der Waals surface area contributed by atoms with E-state index in [0.717, 1.165) is 12.8 Å². The first-order valence-electron chi connectivity index (χ1n) is 20.8. The van der Waals surface area contributed by atoms with Crippen molar-refractivity contribution in [3.8, 4) is 0 Å². The van der Waals surface area contributed by atoms with Gasteiger partial charge in [0.15, 0.2) is 5.78 Å². The maximum Gasteiger partial charge on any atom is 0.329 e. The highest BCUT2D eigenvalue weighted by Crippen LogP contribution is 2.39. The molecular weight excluding hydrogens is 742 g/mol. The summed E-state index contributed by atoms with van der Waals surface area (Å²) < 4.78 is 29.9. The van der Waals surface area contributed by atoms with Crippen molar-refractivity contribution in [1.29, 1.82) is 0 Å². The van der Waals surface area contributed by atoms with Crippen LogP contribution in [0, 0.1) is 29.6 Å². The van der Waals surface area contributed by atoms with Crippen LogP contribution in [0.3, 0.4) is 0 Å². The first-order chi connectivity index (χ1) is 26.5. The molecule has 0 spiro atoms. The number of allylic oxidation sites excluding steroid dienone is 3. The highest BCUT2D eigenvalue weighted by molar-refractivity contribution is 6.39. The van der Waals surface area contributed by atoms with E-state index in [2.05, 4.69) is 6.92 Å². The van der Waals surface area contributed by atoms with Crippen LogP contribution >= 0.6 is 11.6 Å². The zero-order valence-electron chi connectivity index (χ0n) is 35.0. The van der Waals surface area contributed by atoms with E-state index in [-0.39, 0.29) is 60.8 Å². The van der Waals surface area contributed by atoms with E-state index >= 15 is 0 Å². The molecule has 0 radical (unpaired) electrons. The number of ketones is 2. The van der Waals surface area contributed by atoms with E-state index in [1.54, 1.807) is 21.0 Å². The molecule has 1 saturated carbocycles. The minimum Gasteiger partial charge on any atom is -0.456 e. The van der Waals surface area contributed by atoms with Gasteiger partial charge in [0.25, 0.3) is 11.7 Å². The number of hydrogen-bond donors (Lipinski definition) is 2. The van der Waals surface area contributed by atoms with Crippen molar-refractivity contribution in [1.82, 2.24) is 4.90 Å². The molecule has 13 heteroatoms. The highest BCUT2D eigenvalue weighted by Gasteiger charge is 2.56. The first kappa shape index (κ1) is 46.5. The number of ether oxygens (including phenoxy) is 5. The number of nitrogens with zero attached hydrogens (tertiary/aromatic N) is 1. The molecular formula is C43H68ClNO11. The number of Topliss-reactive ketones (excluding diaryl/α,β-unsaturated/α-hetero) is 2. The summed E-state index contributed by atoms with van der Waals surface area (Å²) in [5.74, 6) is -6.93. The van der Waals surface area contributed by atoms with Crippen LogP contribution in [0.25, 0.3) is 0 Å². The number of halogens is 1. The number of cyclic esters (lactones) is 1. The van der Waals surface area contributed by atoms with Gasteiger partial charge in [-0.3, -0.25) is 14.4 Å². The summed E-state index contributed by atoms with van der Waals surface area (Å²) in [6.07, 6.45) is 5.14. The lowest BCUT2D eigenvalue weighted by Crippen LogP contribution is -2.64. The summed E-state index contributed by atoms with van der Waals surface area (Å²) in [4.78, 5) is 57.7. The lowest BCUT2D eigenvalue weighted by Gasteiger charge is -2.47. The number of rotatable bonds is 6. The van der Waals surface area contributed by atoms with Crippen molar-refractivity contribution in [3.05, 3.63) is 23.3 Å². The lowest BCUT2D eigenvalue weighted by molar-refractivity contribution is -0.302. The molecule has 0 aromatic carbocycles. The molecule has 4 rings (SSSR count). The second kappa shape index (κ2) is 20.7. The molecule has 1 amide bonds. The van der Waals surface area contributed by atoms with Gasteiger partial charge in [0.2, 0.25) is 5.79 Å². The topological polar surface area (TPSA) is 158 Å². The maximum atomic E-state index is 14.3. The van der Waals surface area contributed by atoms with Crippen LogP contribution < -0.4 is 0 Å². The van der Waals surface area contributed by atoms with E-state index < -0.39 is 71.8 Å². The zero-order chi connectivity index (χ0) is 41.5. The van der Waals surface area contributed by atoms with Gasteiger partial charge in [0.1, 0.15) is 18.2 Å². The Morgan fingerprint density at radius 3 is 2.25 bits per heavy atom. The molecule has 56 heavy (non-hydrogen) atoms. The predicted octanol–water partition coefficient (Wildman–Crippen LogP) is 5.72. The first-order valence-corrected chi connectivity index (χ1v) is 21.2. The summed E-state index contributed by atoms with van der Waals surface area (Å²) in [7, 11) is 4.72. The molecule has 4 aliphatic rings. The fourth-order valence-corrected chi connectivity index (χ4v) is 9.72. The number of carbonyl (C=O) groups is 4. The third kappa shape index (κ3) is 10.9. The summed E-state index contributed by atoms with van der Waals surface area (Å²) in [5.41, 5.74) is 1.32. The largest absolute Gasteiger partial charge is 0.456 e. The monoisotopic (exact) mass is 809 g/mol. The number of carbonyl (C=O) groups excluding carboxylic acids is 4. The normalized spacial score (nSPS) is 40.6. The average molecular weight is 810 g/mol. The summed E-state index contributed by atoms with van der Waals surface area (Å²) in [6, 6.07) is -1.12. The number of aliphatic hydroxyl groups excluding tert-OH is 1. The van der Waals surface area contributed by atoms with Crippen LogP contribution in [-0.2, 0) is 42.9 Å². The van der Waals surface area contributed by atoms with Crippen molar-refractivity contribution in [2.24, 2.45) is 29.6 Å². The van der Waals surface area contributed by atoms with E-state index in [0.29, 0.717) is 49.7 Å². The Morgan fingerprint density at radius 1 is 0.946 bits per heavy atom. The quantitative estimate of drug-likeness (QED) is 0.146. The van der Waals surface area contributed by atoms with Gasteiger partial charge in [0.05, 0.1) is 29.8 Å². The van der Waals surface area contributed by atoms with Gasteiger partial charge in [-0.05, 0) is 100 Å². The zero-order valence-corrected chi connectivity index (χ0v) is 35.8. The van der Waals surface area contributed by atoms with Gasteiger partial charge < -0.3 is 38.8 Å². The maximum absolute atomic E-state index is 14.3. The molecule has 1 unspecified atom stereocenters. The van der Waals surface area contributed by atoms with Crippen LogP contribution in [0.1, 0.15) is 112 Å². The number of alkyl halides is 1. The molecule has 14 atom stereocenters. The van der Waals surface area contributed by atoms with Crippen molar-refractivity contribution in [2.75, 3.05) is 27.9 Å². The highest BCUT2D eigenvalue weighted by atomic mass is 35.5. The second-order valence-corrected chi connectivity index (χ2v) is 17.6. The Bertz CT molecular complexity index is 1440. The minimum absolute atomic E-state index is 0.00186. The van der Waals surface area contributed by atoms with E-state index in [9.17, 15) is 29.4 Å². The predicted molar refractivity (Wildman–Crippen MR) is 212 cm³/mol. The molecule has 2 saturated heterocycles. The Kier molecular flexibility index (Phi) is 17.2. The molecule has 2 N–H and O–H groups in total. The SMILES string of the molecule is CCC1=CC(C)C[C@H](C)C[C@H](OC)[C@H]2O[C@@](O)(C(=O)C(=O)N3CCCC[C@H]3C(=O)O[C@H](C(C)=C[C@@H]3CC[C@@H](Cl)[C@H](OC)C3)[C@H](C)[C@@H](O)CC1=O)[C@H](C)C[C@@H]2OC. The number of piperidine rings is 1. The van der Waals surface area contributed by atoms with Gasteiger partial charge >= 0.3 is 5.97 Å². The third-order valence-electron chi connectivity index (χ3n) is 12.8. The van der Waals surface area contributed by atoms with Gasteiger partial charge in [-0.2, -0.15) is 0 Å². The third-order valence-corrected chi connectivity index (χ3v) is 13.3. The molecule has 0 aromatic heterocycles. The van der Waals surface area contributed by atoms with Gasteiger partial charge in [-0.1, -0.05) is 46.8 Å². The number of hydrogen-bond acceptors (Lipinski definition) is 11. The Hall–Kier alpha value is -2.19. The number of fused-ring (bicyclic) bond motifs is 3. The van der Waals surface area contributed by atoms with Crippen molar-refractivity contribution >= 4 is 35.0 Å². The molecule has 12 nitrogen and oxygen atoms in total.